The van der Waals surface area contributed by atoms with Crippen molar-refractivity contribution in [1.29, 1.82) is 0 Å². The van der Waals surface area contributed by atoms with Crippen molar-refractivity contribution in [3.05, 3.63) is 414 Å². The Balaban J connectivity index is 0.000000135. The van der Waals surface area contributed by atoms with E-state index in [1.165, 1.54) is 252 Å². The zero-order chi connectivity index (χ0) is 81.3. The van der Waals surface area contributed by atoms with Gasteiger partial charge >= 0.3 is 0 Å². The number of aryl methyl sites for hydroxylation is 4. The van der Waals surface area contributed by atoms with Crippen molar-refractivity contribution in [2.75, 3.05) is 4.90 Å². The molecule has 0 saturated carbocycles. The summed E-state index contributed by atoms with van der Waals surface area (Å²) in [7, 11) is 0. The maximum absolute atomic E-state index is 2.57. The standard InChI is InChI=1S/C61H47N3.C56H36N2/c1-39-41(3)62(50-29-25-45(26-30-50)57(43-17-9-5-10-18-43)44-19-11-6-12-20-44)60-53-35-27-47-38-56-40(2)42(4)63(61(56)54-36-28-46(37-55(39)60)58(53)59(47)54)51-31-33-52(34-32-51)64(48-21-13-7-14-22-48)49-23-15-8-16-24-49;1-29-31(3)57(47-25-19-37-13-11-33-7-5-9-35-15-21-41(47)51(37)49(33)35)55-43-23-18-40-28-46-30(2)32(4)58(56(46)44-24-17-39(27-45(29)55)53(43)54(40)44)48-26-20-38-14-12-34-8-6-10-36-16-22-42(48)52(38)50(34)36/h5-38,57H,1-4H3;5-28H,1-4H3. The van der Waals surface area contributed by atoms with Crippen LogP contribution in [0.25, 0.3) is 196 Å². The van der Waals surface area contributed by atoms with E-state index in [1.807, 2.05) is 0 Å². The third-order valence-corrected chi connectivity index (χ3v) is 28.4. The minimum absolute atomic E-state index is 0.151. The van der Waals surface area contributed by atoms with E-state index < -0.39 is 0 Å². The van der Waals surface area contributed by atoms with E-state index in [-0.39, 0.29) is 5.92 Å². The van der Waals surface area contributed by atoms with Gasteiger partial charge in [-0.25, -0.2) is 0 Å². The fourth-order valence-electron chi connectivity index (χ4n) is 22.2. The molecule has 22 aromatic carbocycles. The fourth-order valence-corrected chi connectivity index (χ4v) is 22.2. The molecule has 0 fully saturated rings. The van der Waals surface area contributed by atoms with E-state index in [2.05, 4.69) is 430 Å². The number of anilines is 3. The van der Waals surface area contributed by atoms with Gasteiger partial charge in [0.25, 0.3) is 0 Å². The highest BCUT2D eigenvalue weighted by molar-refractivity contribution is 6.36. The summed E-state index contributed by atoms with van der Waals surface area (Å²) < 4.78 is 10.1. The second-order valence-electron chi connectivity index (χ2n) is 34.4. The summed E-state index contributed by atoms with van der Waals surface area (Å²) in [4.78, 5) is 2.32. The Hall–Kier alpha value is -15.0. The Bertz CT molecular complexity index is 8180. The zero-order valence-electron chi connectivity index (χ0n) is 69.3. The van der Waals surface area contributed by atoms with Crippen molar-refractivity contribution < 1.29 is 0 Å². The summed E-state index contributed by atoms with van der Waals surface area (Å²) in [6.07, 6.45) is 0. The van der Waals surface area contributed by atoms with Gasteiger partial charge in [0.05, 0.1) is 33.4 Å². The molecule has 5 nitrogen and oxygen atoms in total. The molecule has 122 heavy (non-hydrogen) atoms. The lowest BCUT2D eigenvalue weighted by molar-refractivity contribution is 0.970. The van der Waals surface area contributed by atoms with Gasteiger partial charge in [-0.05, 0) is 288 Å². The van der Waals surface area contributed by atoms with Crippen LogP contribution in [-0.2, 0) is 0 Å². The fraction of sp³-hybridized carbons (Fsp3) is 0.0769. The van der Waals surface area contributed by atoms with Gasteiger partial charge in [-0.3, -0.25) is 0 Å². The van der Waals surface area contributed by atoms with Crippen LogP contribution in [-0.4, -0.2) is 18.3 Å². The molecule has 4 aromatic heterocycles. The lowest BCUT2D eigenvalue weighted by Crippen LogP contribution is -2.09. The van der Waals surface area contributed by atoms with Crippen LogP contribution in [0.3, 0.4) is 0 Å². The minimum Gasteiger partial charge on any atom is -0.313 e. The van der Waals surface area contributed by atoms with Crippen LogP contribution < -0.4 is 4.90 Å². The van der Waals surface area contributed by atoms with Crippen molar-refractivity contribution in [3.8, 4) is 22.7 Å². The molecule has 0 aliphatic carbocycles. The van der Waals surface area contributed by atoms with Gasteiger partial charge in [0, 0.05) is 111 Å². The second-order valence-corrected chi connectivity index (χ2v) is 34.4. The first-order valence-corrected chi connectivity index (χ1v) is 42.9. The number of hydrogen-bond donors (Lipinski definition) is 0. The smallest absolute Gasteiger partial charge is 0.0613 e. The summed E-state index contributed by atoms with van der Waals surface area (Å²) in [6, 6.07) is 131. The summed E-state index contributed by atoms with van der Waals surface area (Å²) in [6.45, 7) is 18.3. The number of hydrogen-bond acceptors (Lipinski definition) is 1. The molecule has 0 spiro atoms. The van der Waals surface area contributed by atoms with Gasteiger partial charge in [-0.15, -0.1) is 0 Å². The van der Waals surface area contributed by atoms with Gasteiger partial charge in [0.15, 0.2) is 0 Å². The van der Waals surface area contributed by atoms with E-state index in [1.54, 1.807) is 0 Å². The highest BCUT2D eigenvalue weighted by atomic mass is 15.1. The van der Waals surface area contributed by atoms with E-state index >= 15 is 0 Å². The molecule has 0 aliphatic heterocycles. The lowest BCUT2D eigenvalue weighted by Gasteiger charge is -2.25. The summed E-state index contributed by atoms with van der Waals surface area (Å²) in [5.41, 5.74) is 27.6. The first kappa shape index (κ1) is 70.0. The minimum atomic E-state index is 0.151. The molecular formula is C117H83N5. The first-order valence-electron chi connectivity index (χ1n) is 42.9. The first-order chi connectivity index (χ1) is 59.9. The maximum Gasteiger partial charge on any atom is 0.0613 e. The SMILES string of the molecule is Cc1c(C)n(-c2ccc(C(c3ccccc3)c3ccccc3)cc2)c2c1cc1ccc3c4c(ccc2c14)cc1c(C)c(C)n(-c2ccc(N(c4ccccc4)c4ccccc4)cc2)c13.Cc1c(C)n(-c2ccc3ccc4cccc5ccc2c3c45)c2c1cc1ccc3c4c(ccc2c14)cc1c(C)c(C)n(-c2ccc4ccc5cccc6ccc2c4c56)c13. The highest BCUT2D eigenvalue weighted by Gasteiger charge is 2.29. The summed E-state index contributed by atoms with van der Waals surface area (Å²) in [5.74, 6) is 0.151. The van der Waals surface area contributed by atoms with Gasteiger partial charge in [0.2, 0.25) is 0 Å². The molecule has 0 N–H and O–H groups in total. The van der Waals surface area contributed by atoms with Crippen LogP contribution in [0.1, 0.15) is 67.6 Å². The Morgan fingerprint density at radius 1 is 0.189 bits per heavy atom. The normalized spacial score (nSPS) is 12.3. The van der Waals surface area contributed by atoms with Crippen LogP contribution >= 0.6 is 0 Å². The maximum atomic E-state index is 2.57. The predicted octanol–water partition coefficient (Wildman–Crippen LogP) is 31.9. The lowest BCUT2D eigenvalue weighted by atomic mass is 9.85. The average molecular weight is 1560 g/mol. The van der Waals surface area contributed by atoms with Crippen molar-refractivity contribution >= 4 is 190 Å². The molecule has 0 bridgehead atoms. The third-order valence-electron chi connectivity index (χ3n) is 28.4. The third kappa shape index (κ3) is 9.87. The van der Waals surface area contributed by atoms with Gasteiger partial charge in [-0.1, -0.05) is 255 Å². The zero-order valence-corrected chi connectivity index (χ0v) is 69.3. The molecule has 4 heterocycles. The Morgan fingerprint density at radius 2 is 0.443 bits per heavy atom. The van der Waals surface area contributed by atoms with E-state index in [0.29, 0.717) is 0 Å². The van der Waals surface area contributed by atoms with Gasteiger partial charge < -0.3 is 23.2 Å². The van der Waals surface area contributed by atoms with Crippen LogP contribution in [0.4, 0.5) is 17.1 Å². The predicted molar refractivity (Wildman–Crippen MR) is 521 cm³/mol. The Morgan fingerprint density at radius 3 is 0.795 bits per heavy atom. The van der Waals surface area contributed by atoms with Crippen LogP contribution in [0.5, 0.6) is 0 Å². The molecule has 26 rings (SSSR count). The van der Waals surface area contributed by atoms with Crippen LogP contribution in [0, 0.1) is 55.4 Å². The van der Waals surface area contributed by atoms with E-state index in [4.69, 9.17) is 0 Å². The monoisotopic (exact) mass is 1560 g/mol. The molecular weight excluding hydrogens is 1480 g/mol. The summed E-state index contributed by atoms with van der Waals surface area (Å²) >= 11 is 0. The van der Waals surface area contributed by atoms with Crippen molar-refractivity contribution in [1.82, 2.24) is 18.3 Å². The van der Waals surface area contributed by atoms with Crippen LogP contribution in [0.15, 0.2) is 352 Å². The molecule has 0 amide bonds. The molecule has 0 saturated heterocycles. The number of fused-ring (bicyclic) bond motifs is 8. The molecule has 0 aliphatic rings. The molecule has 576 valence electrons. The highest BCUT2D eigenvalue weighted by Crippen LogP contribution is 2.51. The Labute approximate surface area is 705 Å². The van der Waals surface area contributed by atoms with E-state index in [0.717, 1.165) is 22.7 Å². The number of aromatic nitrogens is 4. The van der Waals surface area contributed by atoms with Crippen LogP contribution in [0.2, 0.25) is 0 Å². The topological polar surface area (TPSA) is 23.0 Å². The van der Waals surface area contributed by atoms with Crippen molar-refractivity contribution in [2.24, 2.45) is 0 Å². The summed E-state index contributed by atoms with van der Waals surface area (Å²) in [5, 5.41) is 36.7. The number of para-hydroxylation sites is 2. The van der Waals surface area contributed by atoms with Gasteiger partial charge in [-0.2, -0.15) is 0 Å². The average Bonchev–Trinajstić information content (AvgIpc) is 1.49. The molecule has 0 atom stereocenters. The van der Waals surface area contributed by atoms with Gasteiger partial charge in [0.1, 0.15) is 0 Å². The second kappa shape index (κ2) is 26.2. The van der Waals surface area contributed by atoms with Crippen molar-refractivity contribution in [3.63, 3.8) is 0 Å². The quantitative estimate of drug-likeness (QED) is 0.0988. The largest absolute Gasteiger partial charge is 0.313 e. The number of nitrogens with zero attached hydrogens (tertiary/aromatic N) is 5. The Kier molecular flexibility index (Phi) is 15.1. The molecule has 0 unspecified atom stereocenters. The number of rotatable bonds is 10. The number of benzene rings is 22. The molecule has 5 heteroatoms. The van der Waals surface area contributed by atoms with E-state index in [9.17, 15) is 0 Å². The van der Waals surface area contributed by atoms with Crippen molar-refractivity contribution in [2.45, 2.75) is 61.3 Å². The molecule has 0 radical (unpaired) electrons. The molecule has 26 aromatic rings.